The van der Waals surface area contributed by atoms with Crippen LogP contribution in [0.4, 0.5) is 0 Å². The van der Waals surface area contributed by atoms with E-state index < -0.39 is 5.97 Å². The third kappa shape index (κ3) is 5.34. The quantitative estimate of drug-likeness (QED) is 0.198. The fourth-order valence-corrected chi connectivity index (χ4v) is 3.67. The molecule has 0 aliphatic heterocycles. The van der Waals surface area contributed by atoms with Crippen molar-refractivity contribution in [2.24, 2.45) is 0 Å². The minimum atomic E-state index is -0.457. The number of Topliss-reactive ketones (excluding diaryl/α,β-unsaturated/α-hetero) is 1. The van der Waals surface area contributed by atoms with Crippen LogP contribution in [-0.4, -0.2) is 38.5 Å². The van der Waals surface area contributed by atoms with Crippen molar-refractivity contribution in [3.05, 3.63) is 41.5 Å². The monoisotopic (exact) mass is 454 g/mol. The van der Waals surface area contributed by atoms with Crippen molar-refractivity contribution in [3.63, 3.8) is 0 Å². The molecule has 0 radical (unpaired) electrons. The molecular weight excluding hydrogens is 428 g/mol. The third-order valence-electron chi connectivity index (χ3n) is 5.02. The number of ether oxygens (including phenoxy) is 4. The molecule has 0 N–H and O–H groups in total. The molecule has 0 aliphatic rings. The molecule has 0 unspecified atom stereocenters. The van der Waals surface area contributed by atoms with Gasteiger partial charge in [0.15, 0.2) is 28.6 Å². The molecule has 33 heavy (non-hydrogen) atoms. The van der Waals surface area contributed by atoms with Gasteiger partial charge in [-0.05, 0) is 55.7 Å². The van der Waals surface area contributed by atoms with Gasteiger partial charge in [-0.15, -0.1) is 0 Å². The number of esters is 2. The highest BCUT2D eigenvalue weighted by molar-refractivity contribution is 6.09. The zero-order valence-corrected chi connectivity index (χ0v) is 19.3. The van der Waals surface area contributed by atoms with Crippen LogP contribution < -0.4 is 14.2 Å². The van der Waals surface area contributed by atoms with Crippen LogP contribution in [0.25, 0.3) is 22.3 Å². The van der Waals surface area contributed by atoms with Crippen LogP contribution in [-0.2, 0) is 20.7 Å². The Balaban J connectivity index is 2.07. The molecule has 8 nitrogen and oxygen atoms in total. The van der Waals surface area contributed by atoms with Gasteiger partial charge in [-0.1, -0.05) is 0 Å². The average molecular weight is 454 g/mol. The SMILES string of the molecule is COc1cc(-c2cc3c(C(C)=O)c(CCCOC(C)=O)cc(OC)c3o2)ccc1OC(C)=O. The van der Waals surface area contributed by atoms with E-state index in [9.17, 15) is 14.4 Å². The maximum atomic E-state index is 12.6. The van der Waals surface area contributed by atoms with Crippen LogP contribution >= 0.6 is 0 Å². The van der Waals surface area contributed by atoms with Crippen LogP contribution in [0.3, 0.4) is 0 Å². The van der Waals surface area contributed by atoms with Crippen molar-refractivity contribution in [3.8, 4) is 28.6 Å². The number of benzene rings is 2. The number of carbonyl (C=O) groups is 3. The first kappa shape index (κ1) is 23.8. The van der Waals surface area contributed by atoms with E-state index in [1.165, 1.54) is 35.0 Å². The van der Waals surface area contributed by atoms with Gasteiger partial charge in [0.2, 0.25) is 0 Å². The summed E-state index contributed by atoms with van der Waals surface area (Å²) in [6.45, 7) is 4.43. The molecule has 0 saturated heterocycles. The summed E-state index contributed by atoms with van der Waals surface area (Å²) in [5.41, 5.74) is 2.44. The molecule has 0 saturated carbocycles. The van der Waals surface area contributed by atoms with Crippen molar-refractivity contribution >= 4 is 28.7 Å². The molecule has 0 atom stereocenters. The fourth-order valence-electron chi connectivity index (χ4n) is 3.67. The molecule has 1 aromatic heterocycles. The number of aryl methyl sites for hydroxylation is 1. The topological polar surface area (TPSA) is 101 Å². The second-order valence-electron chi connectivity index (χ2n) is 7.43. The summed E-state index contributed by atoms with van der Waals surface area (Å²) in [6, 6.07) is 8.61. The molecule has 0 bridgehead atoms. The van der Waals surface area contributed by atoms with E-state index in [0.29, 0.717) is 57.9 Å². The molecule has 0 fully saturated rings. The highest BCUT2D eigenvalue weighted by atomic mass is 16.6. The number of hydrogen-bond acceptors (Lipinski definition) is 8. The van der Waals surface area contributed by atoms with Gasteiger partial charge in [-0.2, -0.15) is 0 Å². The summed E-state index contributed by atoms with van der Waals surface area (Å²) in [5.74, 6) is 0.740. The molecule has 8 heteroatoms. The maximum absolute atomic E-state index is 12.6. The first-order chi connectivity index (χ1) is 15.7. The predicted molar refractivity (Wildman–Crippen MR) is 121 cm³/mol. The van der Waals surface area contributed by atoms with Crippen LogP contribution in [0.2, 0.25) is 0 Å². The lowest BCUT2D eigenvalue weighted by Gasteiger charge is -2.11. The van der Waals surface area contributed by atoms with E-state index in [1.807, 2.05) is 0 Å². The van der Waals surface area contributed by atoms with E-state index in [1.54, 1.807) is 30.3 Å². The van der Waals surface area contributed by atoms with E-state index in [4.69, 9.17) is 23.4 Å². The molecular formula is C25H26O8. The van der Waals surface area contributed by atoms with E-state index >= 15 is 0 Å². The van der Waals surface area contributed by atoms with Gasteiger partial charge < -0.3 is 23.4 Å². The second-order valence-corrected chi connectivity index (χ2v) is 7.43. The Labute approximate surface area is 191 Å². The number of carbonyl (C=O) groups excluding carboxylic acids is 3. The van der Waals surface area contributed by atoms with Gasteiger partial charge >= 0.3 is 11.9 Å². The van der Waals surface area contributed by atoms with Crippen molar-refractivity contribution in [1.29, 1.82) is 0 Å². The van der Waals surface area contributed by atoms with Crippen molar-refractivity contribution in [2.45, 2.75) is 33.6 Å². The summed E-state index contributed by atoms with van der Waals surface area (Å²) >= 11 is 0. The van der Waals surface area contributed by atoms with E-state index in [0.717, 1.165) is 5.56 Å². The minimum Gasteiger partial charge on any atom is -0.493 e. The van der Waals surface area contributed by atoms with Gasteiger partial charge in [0, 0.05) is 30.4 Å². The van der Waals surface area contributed by atoms with Crippen molar-refractivity contribution in [2.75, 3.05) is 20.8 Å². The fraction of sp³-hybridized carbons (Fsp3) is 0.320. The van der Waals surface area contributed by atoms with Crippen molar-refractivity contribution in [1.82, 2.24) is 0 Å². The predicted octanol–water partition coefficient (Wildman–Crippen LogP) is 4.74. The normalized spacial score (nSPS) is 10.7. The Bertz CT molecular complexity index is 1200. The smallest absolute Gasteiger partial charge is 0.308 e. The van der Waals surface area contributed by atoms with Crippen LogP contribution in [0.5, 0.6) is 17.2 Å². The number of hydrogen-bond donors (Lipinski definition) is 0. The van der Waals surface area contributed by atoms with Crippen LogP contribution in [0, 0.1) is 0 Å². The number of furan rings is 1. The van der Waals surface area contributed by atoms with Gasteiger partial charge in [0.25, 0.3) is 0 Å². The Morgan fingerprint density at radius 1 is 0.879 bits per heavy atom. The second kappa shape index (κ2) is 10.2. The number of rotatable bonds is 9. The molecule has 1 heterocycles. The van der Waals surface area contributed by atoms with Gasteiger partial charge in [0.05, 0.1) is 20.8 Å². The number of methoxy groups -OCH3 is 2. The Hall–Kier alpha value is -3.81. The lowest BCUT2D eigenvalue weighted by molar-refractivity contribution is -0.141. The Morgan fingerprint density at radius 3 is 2.21 bits per heavy atom. The molecule has 3 rings (SSSR count). The van der Waals surface area contributed by atoms with E-state index in [2.05, 4.69) is 0 Å². The first-order valence-corrected chi connectivity index (χ1v) is 10.4. The van der Waals surface area contributed by atoms with Gasteiger partial charge in [-0.3, -0.25) is 14.4 Å². The summed E-state index contributed by atoms with van der Waals surface area (Å²) in [4.78, 5) is 34.9. The van der Waals surface area contributed by atoms with Crippen molar-refractivity contribution < 1.29 is 37.7 Å². The largest absolute Gasteiger partial charge is 0.493 e. The number of ketones is 1. The maximum Gasteiger partial charge on any atom is 0.308 e. The molecule has 3 aromatic rings. The number of fused-ring (bicyclic) bond motifs is 1. The first-order valence-electron chi connectivity index (χ1n) is 10.4. The Kier molecular flexibility index (Phi) is 7.37. The zero-order chi connectivity index (χ0) is 24.1. The summed E-state index contributed by atoms with van der Waals surface area (Å²) in [5, 5.41) is 0.627. The van der Waals surface area contributed by atoms with Gasteiger partial charge in [0.1, 0.15) is 5.76 Å². The molecule has 0 aliphatic carbocycles. The molecule has 2 aromatic carbocycles. The van der Waals surface area contributed by atoms with Gasteiger partial charge in [-0.25, -0.2) is 0 Å². The molecule has 174 valence electrons. The Morgan fingerprint density at radius 2 is 1.61 bits per heavy atom. The lowest BCUT2D eigenvalue weighted by atomic mass is 9.96. The zero-order valence-electron chi connectivity index (χ0n) is 19.3. The lowest BCUT2D eigenvalue weighted by Crippen LogP contribution is -2.05. The summed E-state index contributed by atoms with van der Waals surface area (Å²) in [6.07, 6.45) is 1.09. The standard InChI is InChI=1S/C25H26O8/c1-14(26)24-18(7-6-10-31-15(2)27)12-23(30-5)25-19(24)13-21(33-25)17-8-9-20(32-16(3)28)22(11-17)29-4/h8-9,11-13H,6-7,10H2,1-5H3. The highest BCUT2D eigenvalue weighted by Crippen LogP contribution is 2.40. The minimum absolute atomic E-state index is 0.111. The van der Waals surface area contributed by atoms with Crippen LogP contribution in [0.15, 0.2) is 34.7 Å². The highest BCUT2D eigenvalue weighted by Gasteiger charge is 2.21. The van der Waals surface area contributed by atoms with E-state index in [-0.39, 0.29) is 18.4 Å². The summed E-state index contributed by atoms with van der Waals surface area (Å²) in [7, 11) is 3.01. The molecule has 0 spiro atoms. The molecule has 0 amide bonds. The van der Waals surface area contributed by atoms with Crippen LogP contribution in [0.1, 0.15) is 43.1 Å². The third-order valence-corrected chi connectivity index (χ3v) is 5.02. The summed E-state index contributed by atoms with van der Waals surface area (Å²) < 4.78 is 27.1. The average Bonchev–Trinajstić information content (AvgIpc) is 3.20.